The number of benzene rings is 1. The zero-order valence-electron chi connectivity index (χ0n) is 14.2. The number of carbonyl (C=O) groups is 1. The summed E-state index contributed by atoms with van der Waals surface area (Å²) in [5, 5.41) is 3.66. The van der Waals surface area contributed by atoms with Crippen molar-refractivity contribution < 1.29 is 9.53 Å². The fraction of sp³-hybridized carbons (Fsp3) is 0.579. The number of imidazole rings is 1. The first-order valence-electron chi connectivity index (χ1n) is 9.03. The average molecular weight is 327 g/mol. The predicted octanol–water partition coefficient (Wildman–Crippen LogP) is 3.19. The van der Waals surface area contributed by atoms with E-state index >= 15 is 0 Å². The minimum atomic E-state index is -0.0519. The number of aromatic nitrogens is 2. The SMILES string of the molecule is COC(=O)C1CCC(NCc2nc3ccccc3n2C2CC2)CC1. The van der Waals surface area contributed by atoms with Gasteiger partial charge in [0.1, 0.15) is 5.82 Å². The Morgan fingerprint density at radius 3 is 2.67 bits per heavy atom. The summed E-state index contributed by atoms with van der Waals surface area (Å²) in [4.78, 5) is 16.5. The first-order chi connectivity index (χ1) is 11.8. The van der Waals surface area contributed by atoms with E-state index < -0.39 is 0 Å². The third kappa shape index (κ3) is 3.05. The summed E-state index contributed by atoms with van der Waals surface area (Å²) >= 11 is 0. The van der Waals surface area contributed by atoms with Gasteiger partial charge in [0, 0.05) is 12.1 Å². The summed E-state index contributed by atoms with van der Waals surface area (Å²) in [5.41, 5.74) is 2.35. The molecule has 0 saturated heterocycles. The van der Waals surface area contributed by atoms with Crippen LogP contribution in [0.15, 0.2) is 24.3 Å². The number of rotatable bonds is 5. The molecule has 128 valence electrons. The van der Waals surface area contributed by atoms with E-state index in [9.17, 15) is 4.79 Å². The highest BCUT2D eigenvalue weighted by atomic mass is 16.5. The predicted molar refractivity (Wildman–Crippen MR) is 92.6 cm³/mol. The molecule has 2 fully saturated rings. The molecule has 5 heteroatoms. The van der Waals surface area contributed by atoms with E-state index in [4.69, 9.17) is 9.72 Å². The van der Waals surface area contributed by atoms with E-state index in [1.165, 1.54) is 25.5 Å². The first kappa shape index (κ1) is 15.6. The van der Waals surface area contributed by atoms with Crippen LogP contribution in [0.1, 0.15) is 50.4 Å². The monoisotopic (exact) mass is 327 g/mol. The van der Waals surface area contributed by atoms with E-state index in [1.807, 2.05) is 0 Å². The van der Waals surface area contributed by atoms with E-state index in [2.05, 4.69) is 34.1 Å². The molecule has 4 rings (SSSR count). The van der Waals surface area contributed by atoms with Gasteiger partial charge in [-0.2, -0.15) is 0 Å². The molecule has 1 aromatic carbocycles. The third-order valence-corrected chi connectivity index (χ3v) is 5.39. The standard InChI is InChI=1S/C19H25N3O2/c1-24-19(23)13-6-8-14(9-7-13)20-12-18-21-16-4-2-3-5-17(16)22(18)15-10-11-15/h2-5,13-15,20H,6-12H2,1H3. The number of para-hydroxylation sites is 2. The van der Waals surface area contributed by atoms with Gasteiger partial charge in [0.25, 0.3) is 0 Å². The Hall–Kier alpha value is -1.88. The highest BCUT2D eigenvalue weighted by Crippen LogP contribution is 2.38. The number of methoxy groups -OCH3 is 1. The molecule has 0 atom stereocenters. The zero-order chi connectivity index (χ0) is 16.5. The van der Waals surface area contributed by atoms with Crippen molar-refractivity contribution in [2.75, 3.05) is 7.11 Å². The molecule has 0 unspecified atom stereocenters. The van der Waals surface area contributed by atoms with Crippen molar-refractivity contribution >= 4 is 17.0 Å². The van der Waals surface area contributed by atoms with Crippen molar-refractivity contribution in [1.82, 2.24) is 14.9 Å². The number of fused-ring (bicyclic) bond motifs is 1. The van der Waals surface area contributed by atoms with Gasteiger partial charge in [-0.05, 0) is 50.7 Å². The summed E-state index contributed by atoms with van der Waals surface area (Å²) < 4.78 is 7.28. The van der Waals surface area contributed by atoms with Gasteiger partial charge in [0.2, 0.25) is 0 Å². The number of carbonyl (C=O) groups excluding carboxylic acids is 1. The second-order valence-corrected chi connectivity index (χ2v) is 7.07. The Kier molecular flexibility index (Phi) is 4.27. The second-order valence-electron chi connectivity index (χ2n) is 7.07. The lowest BCUT2D eigenvalue weighted by Crippen LogP contribution is -2.35. The van der Waals surface area contributed by atoms with Gasteiger partial charge >= 0.3 is 5.97 Å². The maximum atomic E-state index is 11.6. The second kappa shape index (κ2) is 6.55. The molecule has 0 radical (unpaired) electrons. The van der Waals surface area contributed by atoms with Crippen LogP contribution in [0, 0.1) is 5.92 Å². The lowest BCUT2D eigenvalue weighted by Gasteiger charge is -2.27. The van der Waals surface area contributed by atoms with Crippen molar-refractivity contribution in [1.29, 1.82) is 0 Å². The Morgan fingerprint density at radius 2 is 1.96 bits per heavy atom. The van der Waals surface area contributed by atoms with Crippen LogP contribution in [0.3, 0.4) is 0 Å². The summed E-state index contributed by atoms with van der Waals surface area (Å²) in [6, 6.07) is 9.51. The van der Waals surface area contributed by atoms with Gasteiger partial charge in [0.15, 0.2) is 0 Å². The van der Waals surface area contributed by atoms with Crippen LogP contribution in [0.5, 0.6) is 0 Å². The third-order valence-electron chi connectivity index (χ3n) is 5.39. The van der Waals surface area contributed by atoms with E-state index in [0.29, 0.717) is 12.1 Å². The molecule has 2 aliphatic rings. The number of hydrogen-bond acceptors (Lipinski definition) is 4. The number of nitrogens with one attached hydrogen (secondary N) is 1. The van der Waals surface area contributed by atoms with Crippen molar-refractivity contribution in [2.24, 2.45) is 5.92 Å². The maximum Gasteiger partial charge on any atom is 0.308 e. The number of nitrogens with zero attached hydrogens (tertiary/aromatic N) is 2. The topological polar surface area (TPSA) is 56.1 Å². The quantitative estimate of drug-likeness (QED) is 0.857. The van der Waals surface area contributed by atoms with Crippen LogP contribution in [-0.2, 0) is 16.1 Å². The smallest absolute Gasteiger partial charge is 0.308 e. The molecule has 5 nitrogen and oxygen atoms in total. The van der Waals surface area contributed by atoms with E-state index in [1.54, 1.807) is 0 Å². The molecule has 1 heterocycles. The first-order valence-corrected chi connectivity index (χ1v) is 9.03. The van der Waals surface area contributed by atoms with Gasteiger partial charge in [-0.1, -0.05) is 12.1 Å². The lowest BCUT2D eigenvalue weighted by molar-refractivity contribution is -0.146. The van der Waals surface area contributed by atoms with Gasteiger partial charge in [0.05, 0.1) is 30.6 Å². The molecule has 2 aromatic rings. The molecule has 1 aromatic heterocycles. The molecular formula is C19H25N3O2. The number of ether oxygens (including phenoxy) is 1. The molecule has 0 amide bonds. The Balaban J connectivity index is 1.41. The molecule has 2 saturated carbocycles. The average Bonchev–Trinajstić information content (AvgIpc) is 3.40. The van der Waals surface area contributed by atoms with Crippen molar-refractivity contribution in [3.63, 3.8) is 0 Å². The Bertz CT molecular complexity index is 727. The summed E-state index contributed by atoms with van der Waals surface area (Å²) in [5.74, 6) is 1.18. The van der Waals surface area contributed by atoms with Gasteiger partial charge < -0.3 is 14.6 Å². The van der Waals surface area contributed by atoms with Crippen molar-refractivity contribution in [2.45, 2.75) is 57.2 Å². The maximum absolute atomic E-state index is 11.6. The Morgan fingerprint density at radius 1 is 1.21 bits per heavy atom. The fourth-order valence-electron chi connectivity index (χ4n) is 3.89. The van der Waals surface area contributed by atoms with Gasteiger partial charge in [-0.25, -0.2) is 4.98 Å². The summed E-state index contributed by atoms with van der Waals surface area (Å²) in [7, 11) is 1.48. The largest absolute Gasteiger partial charge is 0.469 e. The van der Waals surface area contributed by atoms with Crippen molar-refractivity contribution in [3.8, 4) is 0 Å². The number of esters is 1. The summed E-state index contributed by atoms with van der Waals surface area (Å²) in [6.45, 7) is 0.804. The highest BCUT2D eigenvalue weighted by molar-refractivity contribution is 5.76. The van der Waals surface area contributed by atoms with Crippen LogP contribution >= 0.6 is 0 Å². The molecule has 24 heavy (non-hydrogen) atoms. The molecule has 1 N–H and O–H groups in total. The van der Waals surface area contributed by atoms with Crippen LogP contribution in [0.25, 0.3) is 11.0 Å². The fourth-order valence-corrected chi connectivity index (χ4v) is 3.89. The van der Waals surface area contributed by atoms with Crippen molar-refractivity contribution in [3.05, 3.63) is 30.1 Å². The van der Waals surface area contributed by atoms with Gasteiger partial charge in [-0.3, -0.25) is 4.79 Å². The van der Waals surface area contributed by atoms with Gasteiger partial charge in [-0.15, -0.1) is 0 Å². The minimum absolute atomic E-state index is 0.0519. The molecule has 0 spiro atoms. The minimum Gasteiger partial charge on any atom is -0.469 e. The lowest BCUT2D eigenvalue weighted by atomic mass is 9.86. The summed E-state index contributed by atoms with van der Waals surface area (Å²) in [6.07, 6.45) is 6.43. The highest BCUT2D eigenvalue weighted by Gasteiger charge is 2.29. The number of hydrogen-bond donors (Lipinski definition) is 1. The molecular weight excluding hydrogens is 302 g/mol. The zero-order valence-corrected chi connectivity index (χ0v) is 14.2. The van der Waals surface area contributed by atoms with Crippen LogP contribution < -0.4 is 5.32 Å². The van der Waals surface area contributed by atoms with E-state index in [0.717, 1.165) is 43.6 Å². The van der Waals surface area contributed by atoms with Crippen LogP contribution in [0.4, 0.5) is 0 Å². The van der Waals surface area contributed by atoms with E-state index in [-0.39, 0.29) is 11.9 Å². The van der Waals surface area contributed by atoms with Crippen LogP contribution in [0.2, 0.25) is 0 Å². The van der Waals surface area contributed by atoms with Crippen LogP contribution in [-0.4, -0.2) is 28.7 Å². The normalized spacial score (nSPS) is 24.2. The molecule has 2 aliphatic carbocycles. The molecule has 0 bridgehead atoms. The molecule has 0 aliphatic heterocycles. The Labute approximate surface area is 142 Å².